The number of aromatic nitrogens is 2. The van der Waals surface area contributed by atoms with Crippen molar-refractivity contribution in [1.29, 1.82) is 0 Å². The Morgan fingerprint density at radius 3 is 2.62 bits per heavy atom. The Hall–Kier alpha value is -1.65. The van der Waals surface area contributed by atoms with Crippen LogP contribution in [-0.2, 0) is 17.8 Å². The van der Waals surface area contributed by atoms with Crippen LogP contribution in [0.15, 0.2) is 11.1 Å². The number of rotatable bonds is 4. The molecule has 0 aromatic carbocycles. The summed E-state index contributed by atoms with van der Waals surface area (Å²) in [6, 6.07) is 0. The first-order valence-corrected chi connectivity index (χ1v) is 5.27. The lowest BCUT2D eigenvalue weighted by Crippen LogP contribution is -2.29. The van der Waals surface area contributed by atoms with Crippen molar-refractivity contribution < 1.29 is 9.90 Å². The standard InChI is InChI=1S/C11H16N2O3/c1-4-8-10(7(2)3)12-6-13(11(8)16)5-9(14)15/h6-7H,4-5H2,1-3H3,(H,14,15). The zero-order chi connectivity index (χ0) is 12.3. The molecule has 0 aliphatic heterocycles. The van der Waals surface area contributed by atoms with Gasteiger partial charge in [0.2, 0.25) is 0 Å². The van der Waals surface area contributed by atoms with E-state index < -0.39 is 5.97 Å². The van der Waals surface area contributed by atoms with Crippen LogP contribution in [0.1, 0.15) is 37.9 Å². The molecule has 1 heterocycles. The summed E-state index contributed by atoms with van der Waals surface area (Å²) in [5.41, 5.74) is 1.12. The molecule has 1 aromatic rings. The number of carbonyl (C=O) groups is 1. The van der Waals surface area contributed by atoms with E-state index in [-0.39, 0.29) is 18.0 Å². The highest BCUT2D eigenvalue weighted by Gasteiger charge is 2.13. The Kier molecular flexibility index (Phi) is 3.82. The van der Waals surface area contributed by atoms with E-state index in [1.165, 1.54) is 6.33 Å². The topological polar surface area (TPSA) is 72.2 Å². The average molecular weight is 224 g/mol. The SMILES string of the molecule is CCc1c(C(C)C)ncn(CC(=O)O)c1=O. The van der Waals surface area contributed by atoms with Crippen LogP contribution >= 0.6 is 0 Å². The molecule has 1 aromatic heterocycles. The molecule has 0 amide bonds. The lowest BCUT2D eigenvalue weighted by molar-refractivity contribution is -0.137. The lowest BCUT2D eigenvalue weighted by Gasteiger charge is -2.11. The second-order valence-corrected chi connectivity index (χ2v) is 3.94. The highest BCUT2D eigenvalue weighted by Crippen LogP contribution is 2.13. The van der Waals surface area contributed by atoms with Crippen molar-refractivity contribution in [3.63, 3.8) is 0 Å². The average Bonchev–Trinajstić information content (AvgIpc) is 2.19. The van der Waals surface area contributed by atoms with E-state index in [2.05, 4.69) is 4.98 Å². The van der Waals surface area contributed by atoms with Gasteiger partial charge < -0.3 is 5.11 Å². The molecular weight excluding hydrogens is 208 g/mol. The lowest BCUT2D eigenvalue weighted by atomic mass is 10.0. The van der Waals surface area contributed by atoms with Gasteiger partial charge in [0.1, 0.15) is 6.54 Å². The minimum atomic E-state index is -1.04. The van der Waals surface area contributed by atoms with E-state index in [0.717, 1.165) is 10.3 Å². The Morgan fingerprint density at radius 1 is 1.56 bits per heavy atom. The summed E-state index contributed by atoms with van der Waals surface area (Å²) in [4.78, 5) is 26.6. The van der Waals surface area contributed by atoms with Gasteiger partial charge in [-0.25, -0.2) is 4.98 Å². The summed E-state index contributed by atoms with van der Waals surface area (Å²) in [5.74, 6) is -0.870. The van der Waals surface area contributed by atoms with E-state index in [4.69, 9.17) is 5.11 Å². The summed E-state index contributed by atoms with van der Waals surface area (Å²) in [6.45, 7) is 5.46. The molecule has 0 atom stereocenters. The third-order valence-corrected chi connectivity index (χ3v) is 2.37. The molecule has 0 fully saturated rings. The molecule has 1 rings (SSSR count). The highest BCUT2D eigenvalue weighted by molar-refractivity contribution is 5.66. The van der Waals surface area contributed by atoms with Crippen LogP contribution in [0.3, 0.4) is 0 Å². The third-order valence-electron chi connectivity index (χ3n) is 2.37. The maximum Gasteiger partial charge on any atom is 0.323 e. The molecule has 5 nitrogen and oxygen atoms in total. The summed E-state index contributed by atoms with van der Waals surface area (Å²) in [5, 5.41) is 8.65. The minimum absolute atomic E-state index is 0.169. The molecule has 0 saturated heterocycles. The molecule has 0 spiro atoms. The fourth-order valence-corrected chi connectivity index (χ4v) is 1.63. The van der Waals surface area contributed by atoms with Gasteiger partial charge in [-0.1, -0.05) is 20.8 Å². The minimum Gasteiger partial charge on any atom is -0.480 e. The fourth-order valence-electron chi connectivity index (χ4n) is 1.63. The molecule has 88 valence electrons. The quantitative estimate of drug-likeness (QED) is 0.828. The van der Waals surface area contributed by atoms with E-state index in [9.17, 15) is 9.59 Å². The van der Waals surface area contributed by atoms with Gasteiger partial charge in [0, 0.05) is 5.56 Å². The Labute approximate surface area is 93.8 Å². The van der Waals surface area contributed by atoms with Gasteiger partial charge in [0.15, 0.2) is 0 Å². The largest absolute Gasteiger partial charge is 0.480 e. The van der Waals surface area contributed by atoms with Crippen molar-refractivity contribution in [2.24, 2.45) is 0 Å². The van der Waals surface area contributed by atoms with Crippen molar-refractivity contribution in [3.8, 4) is 0 Å². The molecular formula is C11H16N2O3. The highest BCUT2D eigenvalue weighted by atomic mass is 16.4. The molecule has 5 heteroatoms. The smallest absolute Gasteiger partial charge is 0.323 e. The van der Waals surface area contributed by atoms with Gasteiger partial charge in [-0.15, -0.1) is 0 Å². The van der Waals surface area contributed by atoms with Crippen molar-refractivity contribution in [2.45, 2.75) is 39.7 Å². The van der Waals surface area contributed by atoms with Crippen molar-refractivity contribution in [1.82, 2.24) is 9.55 Å². The second kappa shape index (κ2) is 4.92. The van der Waals surface area contributed by atoms with Gasteiger partial charge in [0.05, 0.1) is 12.0 Å². The predicted octanol–water partition coefficient (Wildman–Crippen LogP) is 1.01. The number of carboxylic acids is 1. The maximum atomic E-state index is 11.9. The van der Waals surface area contributed by atoms with E-state index in [1.54, 1.807) is 0 Å². The maximum absolute atomic E-state index is 11.9. The molecule has 0 saturated carbocycles. The van der Waals surface area contributed by atoms with Gasteiger partial charge in [-0.2, -0.15) is 0 Å². The number of aliphatic carboxylic acids is 1. The van der Waals surface area contributed by atoms with Gasteiger partial charge in [-0.3, -0.25) is 14.2 Å². The number of nitrogens with zero attached hydrogens (tertiary/aromatic N) is 2. The van der Waals surface area contributed by atoms with E-state index in [0.29, 0.717) is 12.0 Å². The molecule has 0 aliphatic carbocycles. The molecule has 0 bridgehead atoms. The summed E-state index contributed by atoms with van der Waals surface area (Å²) < 4.78 is 1.13. The second-order valence-electron chi connectivity index (χ2n) is 3.94. The van der Waals surface area contributed by atoms with Crippen LogP contribution in [0, 0.1) is 0 Å². The zero-order valence-corrected chi connectivity index (χ0v) is 9.73. The monoisotopic (exact) mass is 224 g/mol. The van der Waals surface area contributed by atoms with Crippen LogP contribution in [-0.4, -0.2) is 20.6 Å². The summed E-state index contributed by atoms with van der Waals surface area (Å²) in [6.07, 6.45) is 1.88. The van der Waals surface area contributed by atoms with Crippen LogP contribution in [0.4, 0.5) is 0 Å². The Balaban J connectivity index is 3.29. The molecule has 0 radical (unpaired) electrons. The predicted molar refractivity (Wildman–Crippen MR) is 59.6 cm³/mol. The summed E-state index contributed by atoms with van der Waals surface area (Å²) in [7, 11) is 0. The van der Waals surface area contributed by atoms with Gasteiger partial charge in [0.25, 0.3) is 5.56 Å². The third kappa shape index (κ3) is 2.48. The molecule has 0 unspecified atom stereocenters. The van der Waals surface area contributed by atoms with Crippen molar-refractivity contribution in [2.75, 3.05) is 0 Å². The number of hydrogen-bond acceptors (Lipinski definition) is 3. The molecule has 1 N–H and O–H groups in total. The zero-order valence-electron chi connectivity index (χ0n) is 9.73. The van der Waals surface area contributed by atoms with Crippen LogP contribution < -0.4 is 5.56 Å². The fraction of sp³-hybridized carbons (Fsp3) is 0.545. The van der Waals surface area contributed by atoms with Crippen LogP contribution in [0.5, 0.6) is 0 Å². The number of carboxylic acid groups (broad SMARTS) is 1. The van der Waals surface area contributed by atoms with Crippen LogP contribution in [0.25, 0.3) is 0 Å². The first kappa shape index (κ1) is 12.4. The molecule has 16 heavy (non-hydrogen) atoms. The van der Waals surface area contributed by atoms with Gasteiger partial charge in [-0.05, 0) is 12.3 Å². The first-order chi connectivity index (χ1) is 7.47. The Bertz CT molecular complexity index is 449. The first-order valence-electron chi connectivity index (χ1n) is 5.27. The van der Waals surface area contributed by atoms with Crippen molar-refractivity contribution in [3.05, 3.63) is 27.9 Å². The van der Waals surface area contributed by atoms with E-state index in [1.807, 2.05) is 20.8 Å². The molecule has 0 aliphatic rings. The van der Waals surface area contributed by atoms with Crippen LogP contribution in [0.2, 0.25) is 0 Å². The summed E-state index contributed by atoms with van der Waals surface area (Å²) >= 11 is 0. The number of hydrogen-bond donors (Lipinski definition) is 1. The van der Waals surface area contributed by atoms with E-state index >= 15 is 0 Å². The normalized spacial score (nSPS) is 10.8. The van der Waals surface area contributed by atoms with Gasteiger partial charge >= 0.3 is 5.97 Å². The van der Waals surface area contributed by atoms with Crippen molar-refractivity contribution >= 4 is 5.97 Å². The Morgan fingerprint density at radius 2 is 2.19 bits per heavy atom.